The van der Waals surface area contributed by atoms with E-state index in [-0.39, 0.29) is 18.6 Å². The molecule has 1 aliphatic heterocycles. The van der Waals surface area contributed by atoms with E-state index in [0.29, 0.717) is 19.5 Å². The third-order valence-corrected chi connectivity index (χ3v) is 8.03. The molecule has 0 saturated carbocycles. The van der Waals surface area contributed by atoms with Gasteiger partial charge in [0.05, 0.1) is 6.10 Å². The standard InChI is InChI=1S/C28H56NO6P/c1-5-9-12-14-16-19-22-29(23-20-17-15-13-10-6-2)27(30)28(24-33-28)34-25-36(31,32)35-26(8-4)21-18-11-7-3/h26H,5-25H2,1-4H3,(H,31,32). The molecule has 8 heteroatoms. The van der Waals surface area contributed by atoms with Crippen molar-refractivity contribution in [3.63, 3.8) is 0 Å². The number of hydrogen-bond donors (Lipinski definition) is 1. The highest BCUT2D eigenvalue weighted by atomic mass is 31.2. The molecule has 0 bridgehead atoms. The summed E-state index contributed by atoms with van der Waals surface area (Å²) in [6.45, 7) is 9.98. The Kier molecular flexibility index (Phi) is 18.3. The lowest BCUT2D eigenvalue weighted by Crippen LogP contribution is -2.44. The molecule has 1 fully saturated rings. The molecule has 1 aliphatic rings. The van der Waals surface area contributed by atoms with Crippen LogP contribution in [0.1, 0.15) is 137 Å². The van der Waals surface area contributed by atoms with Crippen LogP contribution in [0.5, 0.6) is 0 Å². The summed E-state index contributed by atoms with van der Waals surface area (Å²) in [5.41, 5.74) is 0. The number of carbonyl (C=O) groups excluding carboxylic acids is 1. The maximum absolute atomic E-state index is 13.4. The Morgan fingerprint density at radius 1 is 0.861 bits per heavy atom. The molecule has 0 spiro atoms. The van der Waals surface area contributed by atoms with Gasteiger partial charge in [-0.3, -0.25) is 9.36 Å². The van der Waals surface area contributed by atoms with Gasteiger partial charge in [0.1, 0.15) is 6.61 Å². The van der Waals surface area contributed by atoms with Gasteiger partial charge in [-0.2, -0.15) is 0 Å². The zero-order valence-corrected chi connectivity index (χ0v) is 24.7. The third-order valence-electron chi connectivity index (χ3n) is 6.94. The maximum atomic E-state index is 13.4. The van der Waals surface area contributed by atoms with Gasteiger partial charge < -0.3 is 23.8 Å². The highest BCUT2D eigenvalue weighted by Crippen LogP contribution is 2.47. The van der Waals surface area contributed by atoms with Gasteiger partial charge in [-0.05, 0) is 25.7 Å². The lowest BCUT2D eigenvalue weighted by molar-refractivity contribution is -0.155. The number of epoxide rings is 1. The second-order valence-electron chi connectivity index (χ2n) is 10.4. The zero-order chi connectivity index (χ0) is 26.7. The van der Waals surface area contributed by atoms with Crippen molar-refractivity contribution in [2.24, 2.45) is 0 Å². The maximum Gasteiger partial charge on any atom is 0.353 e. The minimum atomic E-state index is -3.99. The summed E-state index contributed by atoms with van der Waals surface area (Å²) < 4.78 is 29.4. The van der Waals surface area contributed by atoms with Gasteiger partial charge in [0.25, 0.3) is 11.7 Å². The highest BCUT2D eigenvalue weighted by molar-refractivity contribution is 7.52. The molecule has 1 saturated heterocycles. The van der Waals surface area contributed by atoms with Crippen molar-refractivity contribution in [2.45, 2.75) is 149 Å². The average Bonchev–Trinajstić information content (AvgIpc) is 3.66. The summed E-state index contributed by atoms with van der Waals surface area (Å²) in [7, 11) is -3.99. The largest absolute Gasteiger partial charge is 0.353 e. The van der Waals surface area contributed by atoms with E-state index in [1.165, 1.54) is 51.4 Å². The normalized spacial score (nSPS) is 19.7. The Hall–Kier alpha value is -0.460. The van der Waals surface area contributed by atoms with Gasteiger partial charge in [-0.25, -0.2) is 0 Å². The summed E-state index contributed by atoms with van der Waals surface area (Å²) in [5.74, 6) is -1.63. The molecule has 1 amide bonds. The Balaban J connectivity index is 2.61. The monoisotopic (exact) mass is 533 g/mol. The van der Waals surface area contributed by atoms with Crippen LogP contribution in [0.3, 0.4) is 0 Å². The number of ether oxygens (including phenoxy) is 2. The molecule has 7 nitrogen and oxygen atoms in total. The number of carbonyl (C=O) groups is 1. The lowest BCUT2D eigenvalue weighted by Gasteiger charge is -2.27. The molecule has 1 rings (SSSR count). The van der Waals surface area contributed by atoms with Gasteiger partial charge >= 0.3 is 7.60 Å². The van der Waals surface area contributed by atoms with Crippen molar-refractivity contribution in [3.05, 3.63) is 0 Å². The predicted octanol–water partition coefficient (Wildman–Crippen LogP) is 7.80. The summed E-state index contributed by atoms with van der Waals surface area (Å²) in [6.07, 6.45) is 17.7. The molecule has 0 radical (unpaired) electrons. The first-order valence-electron chi connectivity index (χ1n) is 14.9. The van der Waals surface area contributed by atoms with Gasteiger partial charge in [0.2, 0.25) is 0 Å². The van der Waals surface area contributed by atoms with Crippen molar-refractivity contribution in [2.75, 3.05) is 26.0 Å². The van der Waals surface area contributed by atoms with E-state index in [0.717, 1.165) is 51.4 Å². The first kappa shape index (κ1) is 33.6. The number of amides is 1. The van der Waals surface area contributed by atoms with Crippen molar-refractivity contribution in [1.82, 2.24) is 4.90 Å². The van der Waals surface area contributed by atoms with E-state index in [4.69, 9.17) is 14.0 Å². The molecular formula is C28H56NO6P. The van der Waals surface area contributed by atoms with Crippen LogP contribution in [0.4, 0.5) is 0 Å². The van der Waals surface area contributed by atoms with Gasteiger partial charge in [-0.15, -0.1) is 0 Å². The van der Waals surface area contributed by atoms with E-state index in [1.54, 1.807) is 0 Å². The molecule has 0 aromatic rings. The van der Waals surface area contributed by atoms with Crippen LogP contribution < -0.4 is 0 Å². The molecule has 0 aromatic heterocycles. The van der Waals surface area contributed by atoms with Crippen LogP contribution in [-0.4, -0.2) is 53.6 Å². The topological polar surface area (TPSA) is 88.6 Å². The molecule has 3 atom stereocenters. The quantitative estimate of drug-likeness (QED) is 0.0732. The Morgan fingerprint density at radius 2 is 1.33 bits per heavy atom. The van der Waals surface area contributed by atoms with E-state index in [9.17, 15) is 14.3 Å². The lowest BCUT2D eigenvalue weighted by atomic mass is 10.1. The van der Waals surface area contributed by atoms with Crippen LogP contribution in [0.15, 0.2) is 0 Å². The second-order valence-corrected chi connectivity index (χ2v) is 12.2. The van der Waals surface area contributed by atoms with E-state index < -0.39 is 19.7 Å². The number of rotatable bonds is 25. The molecule has 1 heterocycles. The molecule has 0 aromatic carbocycles. The third kappa shape index (κ3) is 14.5. The smallest absolute Gasteiger partial charge is 0.338 e. The molecular weight excluding hydrogens is 477 g/mol. The van der Waals surface area contributed by atoms with Crippen LogP contribution in [0.2, 0.25) is 0 Å². The molecule has 36 heavy (non-hydrogen) atoms. The van der Waals surface area contributed by atoms with Gasteiger partial charge in [0.15, 0.2) is 6.35 Å². The van der Waals surface area contributed by atoms with Crippen LogP contribution in [0.25, 0.3) is 0 Å². The summed E-state index contributed by atoms with van der Waals surface area (Å²) in [5, 5.41) is 0. The van der Waals surface area contributed by atoms with E-state index in [1.807, 2.05) is 11.8 Å². The Morgan fingerprint density at radius 3 is 1.81 bits per heavy atom. The van der Waals surface area contributed by atoms with Crippen molar-refractivity contribution in [3.8, 4) is 0 Å². The average molecular weight is 534 g/mol. The predicted molar refractivity (Wildman–Crippen MR) is 147 cm³/mol. The first-order valence-corrected chi connectivity index (χ1v) is 16.7. The minimum Gasteiger partial charge on any atom is -0.338 e. The fraction of sp³-hybridized carbons (Fsp3) is 0.964. The number of hydrogen-bond acceptors (Lipinski definition) is 5. The fourth-order valence-electron chi connectivity index (χ4n) is 4.46. The van der Waals surface area contributed by atoms with E-state index in [2.05, 4.69) is 20.8 Å². The molecule has 1 N–H and O–H groups in total. The van der Waals surface area contributed by atoms with Crippen LogP contribution in [0, 0.1) is 0 Å². The Labute approximate surface area is 221 Å². The fourth-order valence-corrected chi connectivity index (χ4v) is 5.61. The van der Waals surface area contributed by atoms with E-state index >= 15 is 0 Å². The van der Waals surface area contributed by atoms with Crippen molar-refractivity contribution in [1.29, 1.82) is 0 Å². The van der Waals surface area contributed by atoms with Crippen LogP contribution >= 0.6 is 7.60 Å². The summed E-state index contributed by atoms with van der Waals surface area (Å²) in [4.78, 5) is 25.7. The summed E-state index contributed by atoms with van der Waals surface area (Å²) in [6, 6.07) is 0. The Bertz CT molecular complexity index is 597. The first-order chi connectivity index (χ1) is 17.3. The second kappa shape index (κ2) is 19.6. The molecule has 0 aliphatic carbocycles. The summed E-state index contributed by atoms with van der Waals surface area (Å²) >= 11 is 0. The highest BCUT2D eigenvalue weighted by Gasteiger charge is 2.57. The van der Waals surface area contributed by atoms with Gasteiger partial charge in [0, 0.05) is 13.1 Å². The van der Waals surface area contributed by atoms with Crippen molar-refractivity contribution < 1.29 is 28.3 Å². The number of nitrogens with zero attached hydrogens (tertiary/aromatic N) is 1. The number of unbranched alkanes of at least 4 members (excludes halogenated alkanes) is 12. The SMILES string of the molecule is CCCCCCCCN(CCCCCCCC)C(=O)C1(OCP(=O)(O)OC(CC)CCCCC)CO1. The minimum absolute atomic E-state index is 0.128. The molecule has 214 valence electrons. The molecule has 3 unspecified atom stereocenters. The van der Waals surface area contributed by atoms with Crippen LogP contribution in [-0.2, 0) is 23.4 Å². The van der Waals surface area contributed by atoms with Crippen molar-refractivity contribution >= 4 is 13.5 Å². The van der Waals surface area contributed by atoms with Gasteiger partial charge in [-0.1, -0.05) is 111 Å². The zero-order valence-electron chi connectivity index (χ0n) is 23.8.